The Kier molecular flexibility index (Phi) is 4.88. The predicted octanol–water partition coefficient (Wildman–Crippen LogP) is -0.221. The van der Waals surface area contributed by atoms with Gasteiger partial charge in [0.05, 0.1) is 0 Å². The predicted molar refractivity (Wildman–Crippen MR) is 36.6 cm³/mol. The average molecular weight is 147 g/mol. The first kappa shape index (κ1) is 9.39. The van der Waals surface area contributed by atoms with Crippen LogP contribution in [0.15, 0.2) is 0 Å². The summed E-state index contributed by atoms with van der Waals surface area (Å²) in [6, 6.07) is 0. The van der Waals surface area contributed by atoms with Crippen LogP contribution in [0.25, 0.3) is 0 Å². The van der Waals surface area contributed by atoms with Gasteiger partial charge in [-0.15, -0.1) is 0 Å². The number of aliphatic carboxylic acids is 1. The Morgan fingerprint density at radius 1 is 1.70 bits per heavy atom. The van der Waals surface area contributed by atoms with Gasteiger partial charge in [0.25, 0.3) is 0 Å². The van der Waals surface area contributed by atoms with Crippen molar-refractivity contribution < 1.29 is 15.0 Å². The molecule has 0 bridgehead atoms. The highest BCUT2D eigenvalue weighted by molar-refractivity contribution is 5.71. The minimum atomic E-state index is -1.41. The molecule has 0 heterocycles. The van der Waals surface area contributed by atoms with Gasteiger partial charge in [0, 0.05) is 0 Å². The van der Waals surface area contributed by atoms with E-state index in [0.717, 1.165) is 12.8 Å². The summed E-state index contributed by atoms with van der Waals surface area (Å²) in [6.45, 7) is 2.54. The van der Waals surface area contributed by atoms with Crippen LogP contribution >= 0.6 is 0 Å². The molecule has 0 aromatic rings. The summed E-state index contributed by atoms with van der Waals surface area (Å²) in [5.74, 6) is -1.23. The van der Waals surface area contributed by atoms with Crippen LogP contribution in [0.2, 0.25) is 0 Å². The molecule has 1 atom stereocenters. The van der Waals surface area contributed by atoms with E-state index in [1.54, 1.807) is 0 Å². The van der Waals surface area contributed by atoms with Crippen molar-refractivity contribution in [3.05, 3.63) is 0 Å². The average Bonchev–Trinajstić information content (AvgIpc) is 1.88. The van der Waals surface area contributed by atoms with Gasteiger partial charge in [-0.25, -0.2) is 4.79 Å². The van der Waals surface area contributed by atoms with E-state index in [1.165, 1.54) is 0 Å². The highest BCUT2D eigenvalue weighted by atomic mass is 16.4. The number of unbranched alkanes of at least 4 members (excludes halogenated alkanes) is 1. The van der Waals surface area contributed by atoms with Gasteiger partial charge in [0.2, 0.25) is 6.23 Å². The van der Waals surface area contributed by atoms with Crippen molar-refractivity contribution in [2.75, 3.05) is 6.54 Å². The standard InChI is InChI=1S/C6H13NO3/c1-2-3-4-7-5(8)6(9)10/h5,7-8H,2-4H2,1H3,(H,9,10). The van der Waals surface area contributed by atoms with Crippen molar-refractivity contribution in [2.45, 2.75) is 26.0 Å². The quantitative estimate of drug-likeness (QED) is 0.371. The molecule has 0 saturated carbocycles. The van der Waals surface area contributed by atoms with Crippen LogP contribution in [-0.4, -0.2) is 29.0 Å². The van der Waals surface area contributed by atoms with Gasteiger partial charge in [-0.05, 0) is 13.0 Å². The fourth-order valence-electron chi connectivity index (χ4n) is 0.503. The second kappa shape index (κ2) is 5.20. The van der Waals surface area contributed by atoms with Gasteiger partial charge in [0.1, 0.15) is 0 Å². The maximum absolute atomic E-state index is 9.98. The fourth-order valence-corrected chi connectivity index (χ4v) is 0.503. The van der Waals surface area contributed by atoms with Crippen LogP contribution in [0.3, 0.4) is 0 Å². The van der Waals surface area contributed by atoms with Gasteiger partial charge in [-0.3, -0.25) is 5.32 Å². The van der Waals surface area contributed by atoms with E-state index < -0.39 is 12.2 Å². The van der Waals surface area contributed by atoms with E-state index >= 15 is 0 Å². The van der Waals surface area contributed by atoms with Gasteiger partial charge >= 0.3 is 5.97 Å². The molecular weight excluding hydrogens is 134 g/mol. The van der Waals surface area contributed by atoms with Gasteiger partial charge in [-0.2, -0.15) is 0 Å². The largest absolute Gasteiger partial charge is 0.478 e. The van der Waals surface area contributed by atoms with Gasteiger partial charge < -0.3 is 10.2 Å². The van der Waals surface area contributed by atoms with Crippen molar-refractivity contribution in [2.24, 2.45) is 0 Å². The van der Waals surface area contributed by atoms with Crippen LogP contribution in [0.4, 0.5) is 0 Å². The molecule has 0 aromatic carbocycles. The fraction of sp³-hybridized carbons (Fsp3) is 0.833. The number of carboxylic acids is 1. The zero-order chi connectivity index (χ0) is 7.98. The number of hydrogen-bond donors (Lipinski definition) is 3. The van der Waals surface area contributed by atoms with E-state index in [9.17, 15) is 4.79 Å². The van der Waals surface area contributed by atoms with Crippen LogP contribution in [0.1, 0.15) is 19.8 Å². The third-order valence-corrected chi connectivity index (χ3v) is 1.10. The first-order valence-electron chi connectivity index (χ1n) is 3.32. The molecule has 0 aliphatic carbocycles. The molecule has 60 valence electrons. The molecule has 10 heavy (non-hydrogen) atoms. The maximum Gasteiger partial charge on any atom is 0.347 e. The molecule has 0 radical (unpaired) electrons. The summed E-state index contributed by atoms with van der Waals surface area (Å²) in [5, 5.41) is 19.3. The van der Waals surface area contributed by atoms with Crippen molar-refractivity contribution in [1.82, 2.24) is 5.32 Å². The Balaban J connectivity index is 3.21. The number of aliphatic hydroxyl groups excluding tert-OH is 1. The highest BCUT2D eigenvalue weighted by Crippen LogP contribution is 1.84. The van der Waals surface area contributed by atoms with Crippen molar-refractivity contribution in [1.29, 1.82) is 0 Å². The maximum atomic E-state index is 9.98. The number of carbonyl (C=O) groups is 1. The molecule has 0 spiro atoms. The molecule has 0 aromatic heterocycles. The summed E-state index contributed by atoms with van der Waals surface area (Å²) in [4.78, 5) is 9.98. The molecule has 0 aliphatic heterocycles. The Bertz CT molecular complexity index is 105. The SMILES string of the molecule is CCCCNC(O)C(=O)O. The minimum Gasteiger partial charge on any atom is -0.478 e. The van der Waals surface area contributed by atoms with Crippen LogP contribution in [0.5, 0.6) is 0 Å². The van der Waals surface area contributed by atoms with E-state index in [-0.39, 0.29) is 0 Å². The van der Waals surface area contributed by atoms with Crippen molar-refractivity contribution in [3.63, 3.8) is 0 Å². The lowest BCUT2D eigenvalue weighted by Crippen LogP contribution is -2.36. The molecule has 0 saturated heterocycles. The molecule has 0 rings (SSSR count). The molecular formula is C6H13NO3. The zero-order valence-corrected chi connectivity index (χ0v) is 6.00. The molecule has 1 unspecified atom stereocenters. The topological polar surface area (TPSA) is 69.6 Å². The molecule has 0 aliphatic rings. The summed E-state index contributed by atoms with van der Waals surface area (Å²) in [5.41, 5.74) is 0. The van der Waals surface area contributed by atoms with Gasteiger partial charge in [-0.1, -0.05) is 13.3 Å². The lowest BCUT2D eigenvalue weighted by atomic mass is 10.3. The zero-order valence-electron chi connectivity index (χ0n) is 6.00. The number of aliphatic hydroxyl groups is 1. The number of carboxylic acid groups (broad SMARTS) is 1. The third-order valence-electron chi connectivity index (χ3n) is 1.10. The summed E-state index contributed by atoms with van der Waals surface area (Å²) < 4.78 is 0. The second-order valence-electron chi connectivity index (χ2n) is 2.05. The monoisotopic (exact) mass is 147 g/mol. The van der Waals surface area contributed by atoms with Crippen LogP contribution in [-0.2, 0) is 4.79 Å². The highest BCUT2D eigenvalue weighted by Gasteiger charge is 2.09. The Hall–Kier alpha value is -0.610. The smallest absolute Gasteiger partial charge is 0.347 e. The number of rotatable bonds is 5. The third kappa shape index (κ3) is 4.29. The van der Waals surface area contributed by atoms with Crippen molar-refractivity contribution >= 4 is 5.97 Å². The van der Waals surface area contributed by atoms with E-state index in [4.69, 9.17) is 10.2 Å². The van der Waals surface area contributed by atoms with E-state index in [1.807, 2.05) is 6.92 Å². The lowest BCUT2D eigenvalue weighted by molar-refractivity contribution is -0.148. The first-order valence-corrected chi connectivity index (χ1v) is 3.32. The Labute approximate surface area is 59.9 Å². The minimum absolute atomic E-state index is 0.546. The normalized spacial score (nSPS) is 13.0. The Morgan fingerprint density at radius 3 is 2.70 bits per heavy atom. The van der Waals surface area contributed by atoms with Gasteiger partial charge in [0.15, 0.2) is 0 Å². The van der Waals surface area contributed by atoms with E-state index in [0.29, 0.717) is 6.54 Å². The van der Waals surface area contributed by atoms with Crippen LogP contribution < -0.4 is 5.32 Å². The summed E-state index contributed by atoms with van der Waals surface area (Å²) in [7, 11) is 0. The van der Waals surface area contributed by atoms with E-state index in [2.05, 4.69) is 5.32 Å². The summed E-state index contributed by atoms with van der Waals surface area (Å²) >= 11 is 0. The first-order chi connectivity index (χ1) is 4.68. The second-order valence-corrected chi connectivity index (χ2v) is 2.05. The number of nitrogens with one attached hydrogen (secondary N) is 1. The molecule has 4 heteroatoms. The lowest BCUT2D eigenvalue weighted by Gasteiger charge is -2.05. The van der Waals surface area contributed by atoms with Crippen LogP contribution in [0, 0.1) is 0 Å². The van der Waals surface area contributed by atoms with Crippen molar-refractivity contribution in [3.8, 4) is 0 Å². The molecule has 0 amide bonds. The molecule has 3 N–H and O–H groups in total. The number of hydrogen-bond acceptors (Lipinski definition) is 3. The molecule has 0 fully saturated rings. The summed E-state index contributed by atoms with van der Waals surface area (Å²) in [6.07, 6.45) is 0.454. The molecule has 4 nitrogen and oxygen atoms in total. The Morgan fingerprint density at radius 2 is 2.30 bits per heavy atom.